The number of rotatable bonds is 4. The van der Waals surface area contributed by atoms with E-state index in [1.165, 1.54) is 31.2 Å². The Balaban J connectivity index is 1.87. The van der Waals surface area contributed by atoms with Crippen molar-refractivity contribution < 1.29 is 4.74 Å². The fraction of sp³-hybridized carbons (Fsp3) is 0.533. The van der Waals surface area contributed by atoms with Crippen LogP contribution in [0.2, 0.25) is 0 Å². The highest BCUT2D eigenvalue weighted by Crippen LogP contribution is 2.27. The van der Waals surface area contributed by atoms with Crippen LogP contribution in [0, 0.1) is 5.92 Å². The first-order valence-electron chi connectivity index (χ1n) is 6.67. The third-order valence-corrected chi connectivity index (χ3v) is 3.97. The zero-order valence-electron chi connectivity index (χ0n) is 10.9. The van der Waals surface area contributed by atoms with Crippen molar-refractivity contribution >= 4 is 17.2 Å². The van der Waals surface area contributed by atoms with Gasteiger partial charge in [-0.05, 0) is 24.3 Å². The van der Waals surface area contributed by atoms with E-state index in [2.05, 4.69) is 6.92 Å². The van der Waals surface area contributed by atoms with Crippen molar-refractivity contribution in [2.24, 2.45) is 11.7 Å². The molecule has 0 aromatic heterocycles. The molecule has 0 saturated heterocycles. The molecular formula is C15H21NOS. The number of hydrogen-bond acceptors (Lipinski definition) is 2. The molecule has 2 unspecified atom stereocenters. The van der Waals surface area contributed by atoms with Crippen molar-refractivity contribution in [1.29, 1.82) is 0 Å². The molecule has 1 aliphatic carbocycles. The molecule has 1 fully saturated rings. The molecule has 1 aliphatic rings. The quantitative estimate of drug-likeness (QED) is 0.845. The van der Waals surface area contributed by atoms with Gasteiger partial charge in [-0.15, -0.1) is 0 Å². The Morgan fingerprint density at radius 2 is 1.94 bits per heavy atom. The van der Waals surface area contributed by atoms with E-state index >= 15 is 0 Å². The van der Waals surface area contributed by atoms with E-state index in [-0.39, 0.29) is 0 Å². The standard InChI is InChI=1S/C15H21NOS/c1-11-4-2-3-5-14(11)17-10-12-6-8-13(9-7-12)15(16)18/h6-9,11,14H,2-5,10H2,1H3,(H2,16,18). The summed E-state index contributed by atoms with van der Waals surface area (Å²) in [6.07, 6.45) is 5.57. The van der Waals surface area contributed by atoms with Crippen LogP contribution in [0.25, 0.3) is 0 Å². The van der Waals surface area contributed by atoms with Crippen molar-refractivity contribution in [2.75, 3.05) is 0 Å². The minimum absolute atomic E-state index is 0.425. The molecule has 0 aliphatic heterocycles. The zero-order valence-corrected chi connectivity index (χ0v) is 11.7. The van der Waals surface area contributed by atoms with E-state index in [4.69, 9.17) is 22.7 Å². The minimum atomic E-state index is 0.425. The van der Waals surface area contributed by atoms with Crippen LogP contribution in [0.5, 0.6) is 0 Å². The van der Waals surface area contributed by atoms with Gasteiger partial charge in [-0.2, -0.15) is 0 Å². The number of hydrogen-bond donors (Lipinski definition) is 1. The van der Waals surface area contributed by atoms with Gasteiger partial charge in [-0.1, -0.05) is 56.2 Å². The Morgan fingerprint density at radius 1 is 1.28 bits per heavy atom. The molecule has 1 saturated carbocycles. The maximum atomic E-state index is 6.02. The predicted molar refractivity (Wildman–Crippen MR) is 78.5 cm³/mol. The van der Waals surface area contributed by atoms with Crippen LogP contribution in [0.1, 0.15) is 43.7 Å². The maximum Gasteiger partial charge on any atom is 0.103 e. The Morgan fingerprint density at radius 3 is 2.56 bits per heavy atom. The van der Waals surface area contributed by atoms with E-state index in [9.17, 15) is 0 Å². The van der Waals surface area contributed by atoms with Gasteiger partial charge in [0, 0.05) is 5.56 Å². The third-order valence-electron chi connectivity index (χ3n) is 3.74. The van der Waals surface area contributed by atoms with E-state index < -0.39 is 0 Å². The van der Waals surface area contributed by atoms with Gasteiger partial charge < -0.3 is 10.5 Å². The van der Waals surface area contributed by atoms with Crippen molar-refractivity contribution in [3.05, 3.63) is 35.4 Å². The fourth-order valence-corrected chi connectivity index (χ4v) is 2.63. The minimum Gasteiger partial charge on any atom is -0.389 e. The first-order valence-corrected chi connectivity index (χ1v) is 7.08. The first kappa shape index (κ1) is 13.5. The molecule has 0 spiro atoms. The van der Waals surface area contributed by atoms with Crippen LogP contribution >= 0.6 is 12.2 Å². The van der Waals surface area contributed by atoms with Crippen LogP contribution in [-0.4, -0.2) is 11.1 Å². The summed E-state index contributed by atoms with van der Waals surface area (Å²) < 4.78 is 6.02. The molecule has 3 heteroatoms. The van der Waals surface area contributed by atoms with E-state index in [0.29, 0.717) is 23.6 Å². The fourth-order valence-electron chi connectivity index (χ4n) is 2.50. The molecule has 0 bridgehead atoms. The Hall–Kier alpha value is -0.930. The molecular weight excluding hydrogens is 242 g/mol. The monoisotopic (exact) mass is 263 g/mol. The van der Waals surface area contributed by atoms with Crippen molar-refractivity contribution in [1.82, 2.24) is 0 Å². The lowest BCUT2D eigenvalue weighted by molar-refractivity contribution is -0.0154. The predicted octanol–water partition coefficient (Wildman–Crippen LogP) is 3.42. The zero-order chi connectivity index (χ0) is 13.0. The van der Waals surface area contributed by atoms with Crippen molar-refractivity contribution in [3.63, 3.8) is 0 Å². The summed E-state index contributed by atoms with van der Waals surface area (Å²) in [6.45, 7) is 2.98. The maximum absolute atomic E-state index is 6.02. The second-order valence-corrected chi connectivity index (χ2v) is 5.61. The van der Waals surface area contributed by atoms with Crippen molar-refractivity contribution in [2.45, 2.75) is 45.3 Å². The van der Waals surface area contributed by atoms with Crippen molar-refractivity contribution in [3.8, 4) is 0 Å². The van der Waals surface area contributed by atoms with Gasteiger partial charge >= 0.3 is 0 Å². The second-order valence-electron chi connectivity index (χ2n) is 5.17. The summed E-state index contributed by atoms with van der Waals surface area (Å²) in [6, 6.07) is 8.01. The Labute approximate surface area is 115 Å². The molecule has 18 heavy (non-hydrogen) atoms. The summed E-state index contributed by atoms with van der Waals surface area (Å²) in [5.74, 6) is 0.689. The molecule has 2 atom stereocenters. The van der Waals surface area contributed by atoms with Gasteiger partial charge in [0.25, 0.3) is 0 Å². The lowest BCUT2D eigenvalue weighted by Crippen LogP contribution is -2.25. The largest absolute Gasteiger partial charge is 0.389 e. The normalized spacial score (nSPS) is 23.8. The van der Waals surface area contributed by atoms with Gasteiger partial charge in [-0.3, -0.25) is 0 Å². The molecule has 0 heterocycles. The highest BCUT2D eigenvalue weighted by molar-refractivity contribution is 7.80. The van der Waals surface area contributed by atoms with Gasteiger partial charge in [0.1, 0.15) is 4.99 Å². The Kier molecular flexibility index (Phi) is 4.72. The summed E-state index contributed by atoms with van der Waals surface area (Å²) in [5, 5.41) is 0. The van der Waals surface area contributed by atoms with Crippen LogP contribution in [0.4, 0.5) is 0 Å². The van der Waals surface area contributed by atoms with Gasteiger partial charge in [-0.25, -0.2) is 0 Å². The molecule has 2 N–H and O–H groups in total. The topological polar surface area (TPSA) is 35.2 Å². The van der Waals surface area contributed by atoms with Gasteiger partial charge in [0.2, 0.25) is 0 Å². The molecule has 1 aromatic rings. The first-order chi connectivity index (χ1) is 8.66. The summed E-state index contributed by atoms with van der Waals surface area (Å²) >= 11 is 4.93. The molecule has 2 rings (SSSR count). The third kappa shape index (κ3) is 3.53. The SMILES string of the molecule is CC1CCCCC1OCc1ccc(C(N)=S)cc1. The second kappa shape index (κ2) is 6.30. The average molecular weight is 263 g/mol. The Bertz CT molecular complexity index is 401. The van der Waals surface area contributed by atoms with E-state index in [1.807, 2.05) is 24.3 Å². The van der Waals surface area contributed by atoms with Crippen LogP contribution in [0.3, 0.4) is 0 Å². The van der Waals surface area contributed by atoms with E-state index in [0.717, 1.165) is 5.56 Å². The summed E-state index contributed by atoms with van der Waals surface area (Å²) in [7, 11) is 0. The number of nitrogens with two attached hydrogens (primary N) is 1. The lowest BCUT2D eigenvalue weighted by Gasteiger charge is -2.28. The molecule has 0 amide bonds. The smallest absolute Gasteiger partial charge is 0.103 e. The lowest BCUT2D eigenvalue weighted by atomic mass is 9.88. The number of thiocarbonyl (C=S) groups is 1. The molecule has 2 nitrogen and oxygen atoms in total. The number of ether oxygens (including phenoxy) is 1. The van der Waals surface area contributed by atoms with Crippen LogP contribution in [-0.2, 0) is 11.3 Å². The summed E-state index contributed by atoms with van der Waals surface area (Å²) in [5.41, 5.74) is 7.68. The van der Waals surface area contributed by atoms with Crippen LogP contribution in [0.15, 0.2) is 24.3 Å². The molecule has 98 valence electrons. The highest BCUT2D eigenvalue weighted by Gasteiger charge is 2.21. The van der Waals surface area contributed by atoms with Crippen LogP contribution < -0.4 is 5.73 Å². The van der Waals surface area contributed by atoms with Gasteiger partial charge in [0.15, 0.2) is 0 Å². The van der Waals surface area contributed by atoms with E-state index in [1.54, 1.807) is 0 Å². The molecule has 1 aromatic carbocycles. The van der Waals surface area contributed by atoms with Gasteiger partial charge in [0.05, 0.1) is 12.7 Å². The highest BCUT2D eigenvalue weighted by atomic mass is 32.1. The number of benzene rings is 1. The average Bonchev–Trinajstić information content (AvgIpc) is 2.38. The molecule has 0 radical (unpaired) electrons. The summed E-state index contributed by atoms with van der Waals surface area (Å²) in [4.78, 5) is 0.448.